The molecule has 0 amide bonds. The molecule has 0 saturated heterocycles. The van der Waals surface area contributed by atoms with Crippen LogP contribution in [0.15, 0.2) is 12.1 Å². The van der Waals surface area contributed by atoms with Crippen molar-refractivity contribution in [3.05, 3.63) is 34.4 Å². The van der Waals surface area contributed by atoms with Crippen LogP contribution in [-0.2, 0) is 19.3 Å². The average molecular weight is 393 g/mol. The van der Waals surface area contributed by atoms with Gasteiger partial charge in [0.05, 0.1) is 0 Å². The van der Waals surface area contributed by atoms with E-state index in [4.69, 9.17) is 0 Å². The van der Waals surface area contributed by atoms with Crippen LogP contribution in [0.2, 0.25) is 0 Å². The Morgan fingerprint density at radius 1 is 0.483 bits per heavy atom. The van der Waals surface area contributed by atoms with Crippen LogP contribution in [0, 0.1) is 17.8 Å². The van der Waals surface area contributed by atoms with E-state index in [9.17, 15) is 0 Å². The molecule has 4 aliphatic rings. The Labute approximate surface area is 180 Å². The molecule has 0 unspecified atom stereocenters. The van der Waals surface area contributed by atoms with Gasteiger partial charge in [-0.2, -0.15) is 0 Å². The van der Waals surface area contributed by atoms with Gasteiger partial charge in [-0.05, 0) is 90.9 Å². The van der Waals surface area contributed by atoms with Crippen molar-refractivity contribution in [3.8, 4) is 0 Å². The molecule has 4 fully saturated rings. The summed E-state index contributed by atoms with van der Waals surface area (Å²) >= 11 is 0. The van der Waals surface area contributed by atoms with Crippen molar-refractivity contribution in [2.24, 2.45) is 17.8 Å². The molecule has 0 nitrogen and oxygen atoms in total. The van der Waals surface area contributed by atoms with Crippen LogP contribution >= 0.6 is 0 Å². The predicted molar refractivity (Wildman–Crippen MR) is 125 cm³/mol. The molecule has 0 N–H and O–H groups in total. The summed E-state index contributed by atoms with van der Waals surface area (Å²) in [6.07, 6.45) is 28.0. The highest BCUT2D eigenvalue weighted by Crippen LogP contribution is 2.43. The van der Waals surface area contributed by atoms with Crippen molar-refractivity contribution < 1.29 is 0 Å². The van der Waals surface area contributed by atoms with Gasteiger partial charge in [-0.25, -0.2) is 0 Å². The topological polar surface area (TPSA) is 0 Å². The summed E-state index contributed by atoms with van der Waals surface area (Å²) < 4.78 is 0. The second-order valence-corrected chi connectivity index (χ2v) is 11.3. The van der Waals surface area contributed by atoms with Crippen molar-refractivity contribution in [1.82, 2.24) is 0 Å². The zero-order valence-electron chi connectivity index (χ0n) is 18.9. The molecule has 4 aliphatic carbocycles. The van der Waals surface area contributed by atoms with E-state index in [2.05, 4.69) is 12.1 Å². The van der Waals surface area contributed by atoms with E-state index in [1.165, 1.54) is 122 Å². The normalized spacial score (nSPS) is 25.0. The van der Waals surface area contributed by atoms with Crippen molar-refractivity contribution in [3.63, 3.8) is 0 Å². The second-order valence-electron chi connectivity index (χ2n) is 11.3. The number of hydrogen-bond donors (Lipinski definition) is 0. The smallest absolute Gasteiger partial charge is 0.0159 e. The summed E-state index contributed by atoms with van der Waals surface area (Å²) in [5.41, 5.74) is 7.38. The van der Waals surface area contributed by atoms with E-state index in [1.54, 1.807) is 5.56 Å². The van der Waals surface area contributed by atoms with Crippen LogP contribution in [-0.4, -0.2) is 0 Å². The van der Waals surface area contributed by atoms with Gasteiger partial charge in [0.25, 0.3) is 0 Å². The fourth-order valence-electron chi connectivity index (χ4n) is 7.06. The minimum absolute atomic E-state index is 0.878. The first-order valence-corrected chi connectivity index (χ1v) is 13.5. The van der Waals surface area contributed by atoms with Gasteiger partial charge in [-0.3, -0.25) is 0 Å². The Morgan fingerprint density at radius 2 is 1.00 bits per heavy atom. The lowest BCUT2D eigenvalue weighted by Crippen LogP contribution is -2.16. The van der Waals surface area contributed by atoms with Crippen molar-refractivity contribution in [1.29, 1.82) is 0 Å². The maximum absolute atomic E-state index is 2.64. The number of rotatable bonds is 7. The van der Waals surface area contributed by atoms with Gasteiger partial charge in [0.2, 0.25) is 0 Å². The monoisotopic (exact) mass is 392 g/mol. The van der Waals surface area contributed by atoms with E-state index >= 15 is 0 Å². The zero-order valence-corrected chi connectivity index (χ0v) is 18.9. The van der Waals surface area contributed by atoms with E-state index in [-0.39, 0.29) is 0 Å². The minimum atomic E-state index is 0.878. The van der Waals surface area contributed by atoms with Gasteiger partial charge in [0, 0.05) is 0 Å². The summed E-state index contributed by atoms with van der Waals surface area (Å²) in [5.74, 6) is 3.85. The molecular formula is C29H44. The summed E-state index contributed by atoms with van der Waals surface area (Å²) in [7, 11) is 0. The van der Waals surface area contributed by atoms with Gasteiger partial charge >= 0.3 is 0 Å². The van der Waals surface area contributed by atoms with Crippen LogP contribution in [0.4, 0.5) is 0 Å². The molecule has 0 bridgehead atoms. The maximum Gasteiger partial charge on any atom is -0.0159 e. The quantitative estimate of drug-likeness (QED) is 0.436. The Hall–Kier alpha value is -0.780. The molecule has 29 heavy (non-hydrogen) atoms. The van der Waals surface area contributed by atoms with Crippen LogP contribution in [0.3, 0.4) is 0 Å². The second kappa shape index (κ2) is 9.57. The van der Waals surface area contributed by atoms with Crippen molar-refractivity contribution >= 4 is 0 Å². The zero-order chi connectivity index (χ0) is 19.5. The van der Waals surface area contributed by atoms with Crippen LogP contribution in [0.1, 0.15) is 131 Å². The van der Waals surface area contributed by atoms with Crippen LogP contribution in [0.5, 0.6) is 0 Å². The fraction of sp³-hybridized carbons (Fsp3) is 0.793. The van der Waals surface area contributed by atoms with E-state index in [0.29, 0.717) is 0 Å². The Kier molecular flexibility index (Phi) is 6.65. The summed E-state index contributed by atoms with van der Waals surface area (Å²) in [4.78, 5) is 0. The van der Waals surface area contributed by atoms with Gasteiger partial charge in [-0.15, -0.1) is 0 Å². The molecule has 4 saturated carbocycles. The molecular weight excluding hydrogens is 348 g/mol. The standard InChI is InChI=1S/C29H44/c1-3-9-22(10-4-1)19-26-17-18-27(25-13-5-2-6-14-25)29(21-24-15-16-24)28(26)20-23-11-7-8-12-23/h17-18,22-25H,1-16,19-21H2. The minimum Gasteiger partial charge on any atom is -0.0585 e. The van der Waals surface area contributed by atoms with Gasteiger partial charge in [0.15, 0.2) is 0 Å². The summed E-state index contributed by atoms with van der Waals surface area (Å²) in [6.45, 7) is 0. The molecule has 1 aromatic rings. The van der Waals surface area contributed by atoms with Crippen LogP contribution < -0.4 is 0 Å². The Morgan fingerprint density at radius 3 is 1.66 bits per heavy atom. The number of hydrogen-bond acceptors (Lipinski definition) is 0. The first-order chi connectivity index (χ1) is 14.4. The highest BCUT2D eigenvalue weighted by Gasteiger charge is 2.29. The molecule has 5 rings (SSSR count). The molecule has 0 heterocycles. The van der Waals surface area contributed by atoms with E-state index in [0.717, 1.165) is 23.7 Å². The number of benzene rings is 1. The molecule has 160 valence electrons. The Bertz CT molecular complexity index is 649. The average Bonchev–Trinajstić information content (AvgIpc) is 3.44. The lowest BCUT2D eigenvalue weighted by molar-refractivity contribution is 0.355. The largest absolute Gasteiger partial charge is 0.0585 e. The molecule has 0 heteroatoms. The van der Waals surface area contributed by atoms with Gasteiger partial charge in [-0.1, -0.05) is 89.2 Å². The maximum atomic E-state index is 2.64. The SMILES string of the molecule is c1cc(C2CCCCC2)c(CC2CC2)c(CC2CCCC2)c1CC1CCCCC1. The Balaban J connectivity index is 1.48. The van der Waals surface area contributed by atoms with Crippen LogP contribution in [0.25, 0.3) is 0 Å². The lowest BCUT2D eigenvalue weighted by atomic mass is 9.75. The van der Waals surface area contributed by atoms with Gasteiger partial charge < -0.3 is 0 Å². The predicted octanol–water partition coefficient (Wildman–Crippen LogP) is 8.54. The van der Waals surface area contributed by atoms with Crippen molar-refractivity contribution in [2.75, 3.05) is 0 Å². The first-order valence-electron chi connectivity index (χ1n) is 13.5. The third kappa shape index (κ3) is 5.11. The molecule has 0 spiro atoms. The van der Waals surface area contributed by atoms with E-state index < -0.39 is 0 Å². The highest BCUT2D eigenvalue weighted by atomic mass is 14.3. The molecule has 0 radical (unpaired) electrons. The van der Waals surface area contributed by atoms with E-state index in [1.807, 2.05) is 16.7 Å². The fourth-order valence-corrected chi connectivity index (χ4v) is 7.06. The third-order valence-corrected chi connectivity index (χ3v) is 9.00. The third-order valence-electron chi connectivity index (χ3n) is 9.00. The summed E-state index contributed by atoms with van der Waals surface area (Å²) in [5, 5.41) is 0. The summed E-state index contributed by atoms with van der Waals surface area (Å²) in [6, 6.07) is 5.28. The van der Waals surface area contributed by atoms with Gasteiger partial charge in [0.1, 0.15) is 0 Å². The highest BCUT2D eigenvalue weighted by molar-refractivity contribution is 5.44. The molecule has 0 aromatic heterocycles. The lowest BCUT2D eigenvalue weighted by Gasteiger charge is -2.30. The van der Waals surface area contributed by atoms with Crippen molar-refractivity contribution in [2.45, 2.75) is 128 Å². The molecule has 1 aromatic carbocycles. The molecule has 0 atom stereocenters. The molecule has 0 aliphatic heterocycles. The first kappa shape index (κ1) is 20.1.